The Balaban J connectivity index is 1.42. The molecule has 4 rings (SSSR count). The van der Waals surface area contributed by atoms with Gasteiger partial charge in [-0.2, -0.15) is 13.2 Å². The first-order chi connectivity index (χ1) is 19.5. The normalized spacial score (nSPS) is 18.8. The van der Waals surface area contributed by atoms with Gasteiger partial charge in [-0.25, -0.2) is 4.39 Å². The summed E-state index contributed by atoms with van der Waals surface area (Å²) >= 11 is 6.22. The molecule has 0 aliphatic carbocycles. The van der Waals surface area contributed by atoms with Crippen LogP contribution in [0.5, 0.6) is 0 Å². The summed E-state index contributed by atoms with van der Waals surface area (Å²) in [6.07, 6.45) is -2.44. The van der Waals surface area contributed by atoms with Gasteiger partial charge < -0.3 is 15.5 Å². The molecule has 2 saturated heterocycles. The van der Waals surface area contributed by atoms with Gasteiger partial charge in [0.2, 0.25) is 5.91 Å². The Kier molecular flexibility index (Phi) is 10.5. The monoisotopic (exact) mass is 597 g/mol. The predicted molar refractivity (Wildman–Crippen MR) is 152 cm³/mol. The first kappa shape index (κ1) is 31.1. The molecule has 0 spiro atoms. The smallest absolute Gasteiger partial charge is 0.367 e. The summed E-state index contributed by atoms with van der Waals surface area (Å²) < 4.78 is 53.0. The molecule has 2 aliphatic heterocycles. The first-order valence-corrected chi connectivity index (χ1v) is 14.4. The Hall–Kier alpha value is -2.89. The van der Waals surface area contributed by atoms with Crippen molar-refractivity contribution in [1.29, 1.82) is 0 Å². The van der Waals surface area contributed by atoms with Crippen LogP contribution in [0.25, 0.3) is 0 Å². The molecule has 2 amide bonds. The average Bonchev–Trinajstić information content (AvgIpc) is 3.15. The molecule has 2 aliphatic rings. The molecule has 2 aromatic carbocycles. The van der Waals surface area contributed by atoms with E-state index in [4.69, 9.17) is 11.6 Å². The fourth-order valence-electron chi connectivity index (χ4n) is 5.35. The highest BCUT2D eigenvalue weighted by Crippen LogP contribution is 2.31. The van der Waals surface area contributed by atoms with Crippen molar-refractivity contribution in [1.82, 2.24) is 15.1 Å². The van der Waals surface area contributed by atoms with Crippen molar-refractivity contribution < 1.29 is 27.2 Å². The maximum Gasteiger partial charge on any atom is 0.390 e. The second kappa shape index (κ2) is 13.8. The number of amides is 2. The molecule has 2 heterocycles. The number of anilines is 2. The molecule has 2 N–H and O–H groups in total. The van der Waals surface area contributed by atoms with Gasteiger partial charge in [0.1, 0.15) is 5.82 Å². The van der Waals surface area contributed by atoms with Crippen LogP contribution in [0.1, 0.15) is 48.5 Å². The number of carbonyl (C=O) groups is 2. The molecule has 2 aromatic rings. The Bertz CT molecular complexity index is 1220. The Labute approximate surface area is 242 Å². The van der Waals surface area contributed by atoms with Crippen LogP contribution in [0.15, 0.2) is 36.4 Å². The summed E-state index contributed by atoms with van der Waals surface area (Å²) in [5.74, 6) is -1.31. The summed E-state index contributed by atoms with van der Waals surface area (Å²) in [6, 6.07) is 9.12. The van der Waals surface area contributed by atoms with E-state index < -0.39 is 24.3 Å². The van der Waals surface area contributed by atoms with E-state index in [0.29, 0.717) is 67.8 Å². The lowest BCUT2D eigenvalue weighted by molar-refractivity contribution is -0.138. The van der Waals surface area contributed by atoms with Gasteiger partial charge in [0, 0.05) is 50.8 Å². The molecule has 41 heavy (non-hydrogen) atoms. The molecular formula is C29H36ClF4N5O2. The molecule has 7 nitrogen and oxygen atoms in total. The quantitative estimate of drug-likeness (QED) is 0.384. The molecule has 2 fully saturated rings. The van der Waals surface area contributed by atoms with E-state index in [-0.39, 0.29) is 24.1 Å². The van der Waals surface area contributed by atoms with E-state index in [1.165, 1.54) is 12.1 Å². The molecule has 0 saturated carbocycles. The van der Waals surface area contributed by atoms with Crippen molar-refractivity contribution in [3.05, 3.63) is 58.4 Å². The van der Waals surface area contributed by atoms with Crippen LogP contribution in [0.3, 0.4) is 0 Å². The van der Waals surface area contributed by atoms with Crippen LogP contribution in [0.2, 0.25) is 5.02 Å². The summed E-state index contributed by atoms with van der Waals surface area (Å²) in [5, 5.41) is 6.16. The molecule has 12 heteroatoms. The fourth-order valence-corrected chi connectivity index (χ4v) is 5.51. The molecule has 1 unspecified atom stereocenters. The number of alkyl halides is 3. The second-order valence-electron chi connectivity index (χ2n) is 10.5. The van der Waals surface area contributed by atoms with Crippen LogP contribution in [0, 0.1) is 5.82 Å². The number of carbonyl (C=O) groups excluding carboxylic acids is 2. The summed E-state index contributed by atoms with van der Waals surface area (Å²) in [5.41, 5.74) is 1.59. The molecule has 1 atom stereocenters. The van der Waals surface area contributed by atoms with Crippen molar-refractivity contribution in [2.75, 3.05) is 56.0 Å². The third-order valence-corrected chi connectivity index (χ3v) is 7.88. The highest BCUT2D eigenvalue weighted by molar-refractivity contribution is 6.31. The second-order valence-corrected chi connectivity index (χ2v) is 10.9. The van der Waals surface area contributed by atoms with E-state index in [1.807, 2.05) is 16.7 Å². The largest absolute Gasteiger partial charge is 0.390 e. The van der Waals surface area contributed by atoms with Gasteiger partial charge in [-0.15, -0.1) is 0 Å². The number of piperazine rings is 1. The summed E-state index contributed by atoms with van der Waals surface area (Å²) in [4.78, 5) is 31.3. The third-order valence-electron chi connectivity index (χ3n) is 7.65. The fraction of sp³-hybridized carbons (Fsp3) is 0.517. The minimum Gasteiger partial charge on any atom is -0.367 e. The topological polar surface area (TPSA) is 67.9 Å². The number of halogens is 5. The SMILES string of the molecule is CCN(Cc1ccc(C(=O)Nc2ccc(Cl)cc2N2CCN(CCC(F)(F)F)CC2)c(F)c1)C1CCCCNC1=O. The van der Waals surface area contributed by atoms with E-state index in [0.717, 1.165) is 19.3 Å². The van der Waals surface area contributed by atoms with Gasteiger partial charge in [0.15, 0.2) is 0 Å². The number of likely N-dealkylation sites (N-methyl/N-ethyl adjacent to an activating group) is 1. The minimum atomic E-state index is -4.20. The highest BCUT2D eigenvalue weighted by atomic mass is 35.5. The standard InChI is InChI=1S/C29H36ClF4N5O2/c1-2-38(25-5-3-4-11-35-28(25)41)19-20-6-8-22(23(31)17-20)27(40)36-24-9-7-21(30)18-26(24)39-15-13-37(14-16-39)12-10-29(32,33)34/h6-9,17-18,25H,2-5,10-16,19H2,1H3,(H,35,41)(H,36,40). The van der Waals surface area contributed by atoms with Crippen LogP contribution in [0.4, 0.5) is 28.9 Å². The van der Waals surface area contributed by atoms with Gasteiger partial charge in [-0.1, -0.05) is 24.6 Å². The van der Waals surface area contributed by atoms with Crippen LogP contribution >= 0.6 is 11.6 Å². The van der Waals surface area contributed by atoms with Crippen LogP contribution in [-0.2, 0) is 11.3 Å². The van der Waals surface area contributed by atoms with E-state index in [1.54, 1.807) is 29.2 Å². The zero-order chi connectivity index (χ0) is 29.6. The van der Waals surface area contributed by atoms with E-state index >= 15 is 4.39 Å². The summed E-state index contributed by atoms with van der Waals surface area (Å²) in [7, 11) is 0. The Morgan fingerprint density at radius 2 is 1.88 bits per heavy atom. The van der Waals surface area contributed by atoms with E-state index in [2.05, 4.69) is 10.6 Å². The third kappa shape index (κ3) is 8.56. The lowest BCUT2D eigenvalue weighted by Crippen LogP contribution is -2.47. The molecule has 0 bridgehead atoms. The van der Waals surface area contributed by atoms with Crippen LogP contribution < -0.4 is 15.5 Å². The number of benzene rings is 2. The number of hydrogen-bond donors (Lipinski definition) is 2. The maximum atomic E-state index is 15.2. The van der Waals surface area contributed by atoms with Crippen molar-refractivity contribution in [3.8, 4) is 0 Å². The predicted octanol–water partition coefficient (Wildman–Crippen LogP) is 5.30. The molecule has 0 aromatic heterocycles. The van der Waals surface area contributed by atoms with Crippen LogP contribution in [-0.4, -0.2) is 79.6 Å². The summed E-state index contributed by atoms with van der Waals surface area (Å²) in [6.45, 7) is 5.35. The van der Waals surface area contributed by atoms with Gasteiger partial charge in [-0.05, 0) is 61.7 Å². The molecular weight excluding hydrogens is 562 g/mol. The highest BCUT2D eigenvalue weighted by Gasteiger charge is 2.30. The maximum absolute atomic E-state index is 15.2. The first-order valence-electron chi connectivity index (χ1n) is 14.0. The van der Waals surface area contributed by atoms with E-state index in [9.17, 15) is 22.8 Å². The zero-order valence-electron chi connectivity index (χ0n) is 23.1. The number of nitrogens with zero attached hydrogens (tertiary/aromatic N) is 3. The van der Waals surface area contributed by atoms with Crippen molar-refractivity contribution in [2.24, 2.45) is 0 Å². The minimum absolute atomic E-state index is 0.0118. The number of nitrogens with one attached hydrogen (secondary N) is 2. The van der Waals surface area contributed by atoms with Gasteiger partial charge >= 0.3 is 6.18 Å². The Morgan fingerprint density at radius 3 is 2.56 bits per heavy atom. The molecule has 0 radical (unpaired) electrons. The van der Waals surface area contributed by atoms with Gasteiger partial charge in [0.25, 0.3) is 5.91 Å². The van der Waals surface area contributed by atoms with Crippen molar-refractivity contribution in [2.45, 2.75) is 51.4 Å². The average molecular weight is 598 g/mol. The van der Waals surface area contributed by atoms with Crippen molar-refractivity contribution in [3.63, 3.8) is 0 Å². The number of rotatable bonds is 9. The lowest BCUT2D eigenvalue weighted by atomic mass is 10.1. The molecule has 224 valence electrons. The lowest BCUT2D eigenvalue weighted by Gasteiger charge is -2.37. The van der Waals surface area contributed by atoms with Gasteiger partial charge in [0.05, 0.1) is 29.4 Å². The zero-order valence-corrected chi connectivity index (χ0v) is 23.8. The Morgan fingerprint density at radius 1 is 1.12 bits per heavy atom. The van der Waals surface area contributed by atoms with Gasteiger partial charge in [-0.3, -0.25) is 19.4 Å². The van der Waals surface area contributed by atoms with Crippen molar-refractivity contribution >= 4 is 34.8 Å². The number of hydrogen-bond acceptors (Lipinski definition) is 5.